The molecule has 0 nitrogen and oxygen atoms in total. The normalized spacial score (nSPS) is 24.3. The number of thioether (sulfide) groups is 1. The molecule has 0 aliphatic heterocycles. The van der Waals surface area contributed by atoms with Gasteiger partial charge in [0.1, 0.15) is 0 Å². The monoisotopic (exact) mass is 282 g/mol. The average molecular weight is 283 g/mol. The number of alkyl halides is 1. The Morgan fingerprint density at radius 3 is 2.11 bits per heavy atom. The van der Waals surface area contributed by atoms with Gasteiger partial charge in [-0.05, 0) is 62.8 Å². The molecule has 1 aliphatic carbocycles. The number of hydrogen-bond donors (Lipinski definition) is 0. The van der Waals surface area contributed by atoms with Gasteiger partial charge in [0.05, 0.1) is 0 Å². The van der Waals surface area contributed by atoms with Crippen LogP contribution in [0.4, 0.5) is 0 Å². The summed E-state index contributed by atoms with van der Waals surface area (Å²) >= 11 is 8.52. The Labute approximate surface area is 121 Å². The maximum absolute atomic E-state index is 6.50. The molecule has 0 N–H and O–H groups in total. The predicted octanol–water partition coefficient (Wildman–Crippen LogP) is 5.56. The van der Waals surface area contributed by atoms with Crippen molar-refractivity contribution in [3.63, 3.8) is 0 Å². The molecule has 1 saturated carbocycles. The van der Waals surface area contributed by atoms with E-state index in [0.29, 0.717) is 10.6 Å². The van der Waals surface area contributed by atoms with Crippen LogP contribution in [0.5, 0.6) is 0 Å². The number of aryl methyl sites for hydroxylation is 2. The second-order valence-electron chi connectivity index (χ2n) is 5.55. The van der Waals surface area contributed by atoms with Crippen LogP contribution >= 0.6 is 23.4 Å². The maximum atomic E-state index is 6.50. The molecule has 2 rings (SSSR count). The van der Waals surface area contributed by atoms with Gasteiger partial charge in [0.15, 0.2) is 0 Å². The molecular formula is C16H23ClS. The molecule has 18 heavy (non-hydrogen) atoms. The molecule has 100 valence electrons. The molecule has 0 aromatic heterocycles. The second-order valence-corrected chi connectivity index (χ2v) is 7.36. The van der Waals surface area contributed by atoms with Crippen molar-refractivity contribution >= 4 is 23.4 Å². The second kappa shape index (κ2) is 5.88. The van der Waals surface area contributed by atoms with Crippen molar-refractivity contribution in [2.45, 2.75) is 68.9 Å². The third-order valence-electron chi connectivity index (χ3n) is 4.19. The molecule has 1 aliphatic rings. The Morgan fingerprint density at radius 2 is 1.56 bits per heavy atom. The van der Waals surface area contributed by atoms with E-state index in [2.05, 4.69) is 33.8 Å². The van der Waals surface area contributed by atoms with Crippen molar-refractivity contribution in [2.24, 2.45) is 0 Å². The minimum Gasteiger partial charge on any atom is -0.122 e. The van der Waals surface area contributed by atoms with E-state index in [1.54, 1.807) is 0 Å². The summed E-state index contributed by atoms with van der Waals surface area (Å²) in [6.07, 6.45) is 5.09. The molecular weight excluding hydrogens is 260 g/mol. The summed E-state index contributed by atoms with van der Waals surface area (Å²) < 4.78 is 0. The van der Waals surface area contributed by atoms with Crippen LogP contribution in [-0.2, 0) is 0 Å². The molecule has 1 fully saturated rings. The summed E-state index contributed by atoms with van der Waals surface area (Å²) in [5.74, 6) is 0. The Bertz CT molecular complexity index is 413. The van der Waals surface area contributed by atoms with Gasteiger partial charge in [0, 0.05) is 15.5 Å². The number of benzene rings is 1. The van der Waals surface area contributed by atoms with Gasteiger partial charge in [-0.1, -0.05) is 18.9 Å². The van der Waals surface area contributed by atoms with Gasteiger partial charge in [0.25, 0.3) is 0 Å². The van der Waals surface area contributed by atoms with E-state index in [-0.39, 0.29) is 0 Å². The fourth-order valence-electron chi connectivity index (χ4n) is 2.69. The highest BCUT2D eigenvalue weighted by Crippen LogP contribution is 2.40. The lowest BCUT2D eigenvalue weighted by Crippen LogP contribution is -2.22. The van der Waals surface area contributed by atoms with E-state index in [1.807, 2.05) is 11.8 Å². The maximum Gasteiger partial charge on any atom is 0.0458 e. The standard InChI is InChI=1S/C16H23ClS/c1-10-9-11(2)13(4)16(12(10)3)18-15-8-6-5-7-14(15)17/h9,14-15H,5-8H2,1-4H3/t14-,15-/m1/s1. The molecule has 0 unspecified atom stereocenters. The first-order valence-corrected chi connectivity index (χ1v) is 8.20. The van der Waals surface area contributed by atoms with Gasteiger partial charge in [0.2, 0.25) is 0 Å². The first kappa shape index (κ1) is 14.3. The van der Waals surface area contributed by atoms with Gasteiger partial charge in [-0.25, -0.2) is 0 Å². The van der Waals surface area contributed by atoms with Crippen LogP contribution in [0, 0.1) is 27.7 Å². The minimum atomic E-state index is 0.350. The average Bonchev–Trinajstić information content (AvgIpc) is 2.34. The van der Waals surface area contributed by atoms with E-state index < -0.39 is 0 Å². The summed E-state index contributed by atoms with van der Waals surface area (Å²) in [7, 11) is 0. The lowest BCUT2D eigenvalue weighted by Gasteiger charge is -2.28. The Kier molecular flexibility index (Phi) is 4.66. The van der Waals surface area contributed by atoms with Crippen molar-refractivity contribution in [3.05, 3.63) is 28.3 Å². The van der Waals surface area contributed by atoms with Gasteiger partial charge >= 0.3 is 0 Å². The summed E-state index contributed by atoms with van der Waals surface area (Å²) in [4.78, 5) is 1.48. The van der Waals surface area contributed by atoms with E-state index in [1.165, 1.54) is 52.8 Å². The fourth-order valence-corrected chi connectivity index (χ4v) is 4.67. The highest BCUT2D eigenvalue weighted by Gasteiger charge is 2.25. The van der Waals surface area contributed by atoms with Gasteiger partial charge < -0.3 is 0 Å². The van der Waals surface area contributed by atoms with Crippen molar-refractivity contribution in [1.29, 1.82) is 0 Å². The van der Waals surface area contributed by atoms with Crippen molar-refractivity contribution in [2.75, 3.05) is 0 Å². The quantitative estimate of drug-likeness (QED) is 0.640. The lowest BCUT2D eigenvalue weighted by molar-refractivity contribution is 0.522. The van der Waals surface area contributed by atoms with Crippen molar-refractivity contribution in [3.8, 4) is 0 Å². The zero-order valence-corrected chi connectivity index (χ0v) is 13.4. The summed E-state index contributed by atoms with van der Waals surface area (Å²) in [6.45, 7) is 8.92. The predicted molar refractivity (Wildman–Crippen MR) is 83.1 cm³/mol. The smallest absolute Gasteiger partial charge is 0.0458 e. The van der Waals surface area contributed by atoms with E-state index in [0.717, 1.165) is 0 Å². The zero-order valence-electron chi connectivity index (χ0n) is 11.8. The molecule has 0 heterocycles. The Hall–Kier alpha value is -0.140. The van der Waals surface area contributed by atoms with Crippen LogP contribution in [0.15, 0.2) is 11.0 Å². The molecule has 0 spiro atoms. The number of rotatable bonds is 2. The van der Waals surface area contributed by atoms with Crippen LogP contribution in [-0.4, -0.2) is 10.6 Å². The van der Waals surface area contributed by atoms with Crippen LogP contribution in [0.3, 0.4) is 0 Å². The summed E-state index contributed by atoms with van der Waals surface area (Å²) in [6, 6.07) is 2.30. The van der Waals surface area contributed by atoms with Crippen LogP contribution < -0.4 is 0 Å². The molecule has 1 aromatic carbocycles. The third kappa shape index (κ3) is 2.88. The van der Waals surface area contributed by atoms with E-state index in [4.69, 9.17) is 11.6 Å². The highest BCUT2D eigenvalue weighted by molar-refractivity contribution is 8.00. The summed E-state index contributed by atoms with van der Waals surface area (Å²) in [5, 5.41) is 0.947. The molecule has 0 bridgehead atoms. The van der Waals surface area contributed by atoms with Crippen molar-refractivity contribution < 1.29 is 0 Å². The number of hydrogen-bond acceptors (Lipinski definition) is 1. The fraction of sp³-hybridized carbons (Fsp3) is 0.625. The SMILES string of the molecule is Cc1cc(C)c(C)c(S[C@@H]2CCCC[C@H]2Cl)c1C. The first-order chi connectivity index (χ1) is 8.50. The Morgan fingerprint density at radius 1 is 1.00 bits per heavy atom. The van der Waals surface area contributed by atoms with E-state index >= 15 is 0 Å². The van der Waals surface area contributed by atoms with Crippen LogP contribution in [0.2, 0.25) is 0 Å². The minimum absolute atomic E-state index is 0.350. The van der Waals surface area contributed by atoms with Crippen LogP contribution in [0.1, 0.15) is 47.9 Å². The van der Waals surface area contributed by atoms with E-state index in [9.17, 15) is 0 Å². The van der Waals surface area contributed by atoms with Crippen LogP contribution in [0.25, 0.3) is 0 Å². The Balaban J connectivity index is 2.28. The molecule has 0 radical (unpaired) electrons. The van der Waals surface area contributed by atoms with Gasteiger partial charge in [-0.2, -0.15) is 0 Å². The summed E-state index contributed by atoms with van der Waals surface area (Å²) in [5.41, 5.74) is 5.69. The first-order valence-electron chi connectivity index (χ1n) is 6.89. The third-order valence-corrected chi connectivity index (χ3v) is 6.58. The lowest BCUT2D eigenvalue weighted by atomic mass is 10.00. The molecule has 0 saturated heterocycles. The molecule has 1 aromatic rings. The number of halogens is 1. The zero-order chi connectivity index (χ0) is 13.3. The van der Waals surface area contributed by atoms with Gasteiger partial charge in [-0.3, -0.25) is 0 Å². The molecule has 0 amide bonds. The van der Waals surface area contributed by atoms with Crippen molar-refractivity contribution in [1.82, 2.24) is 0 Å². The topological polar surface area (TPSA) is 0 Å². The largest absolute Gasteiger partial charge is 0.122 e. The van der Waals surface area contributed by atoms with Gasteiger partial charge in [-0.15, -0.1) is 23.4 Å². The molecule has 2 heteroatoms. The highest BCUT2D eigenvalue weighted by atomic mass is 35.5. The molecule has 2 atom stereocenters.